The largest absolute Gasteiger partial charge is 0.372 e. The van der Waals surface area contributed by atoms with Gasteiger partial charge in [-0.3, -0.25) is 0 Å². The highest BCUT2D eigenvalue weighted by molar-refractivity contribution is 7.10. The lowest BCUT2D eigenvalue weighted by Crippen LogP contribution is -2.18. The molecule has 0 fully saturated rings. The fourth-order valence-corrected chi connectivity index (χ4v) is 3.31. The maximum Gasteiger partial charge on any atom is 0.0725 e. The van der Waals surface area contributed by atoms with Crippen LogP contribution in [0, 0.1) is 6.92 Å². The molecule has 2 heterocycles. The topological polar surface area (TPSA) is 21.3 Å². The Morgan fingerprint density at radius 3 is 2.78 bits per heavy atom. The van der Waals surface area contributed by atoms with E-state index in [9.17, 15) is 0 Å². The number of fused-ring (bicyclic) bond motifs is 1. The van der Waals surface area contributed by atoms with Gasteiger partial charge < -0.3 is 10.1 Å². The molecule has 0 bridgehead atoms. The molecule has 0 spiro atoms. The van der Waals surface area contributed by atoms with Gasteiger partial charge in [0.25, 0.3) is 0 Å². The Labute approximate surface area is 112 Å². The molecule has 1 aromatic carbocycles. The molecule has 1 N–H and O–H groups in total. The van der Waals surface area contributed by atoms with Gasteiger partial charge >= 0.3 is 0 Å². The molecule has 1 atom stereocenters. The first-order valence-electron chi connectivity index (χ1n) is 6.20. The normalized spacial score (nSPS) is 15.7. The molecule has 1 aliphatic heterocycles. The second kappa shape index (κ2) is 4.84. The summed E-state index contributed by atoms with van der Waals surface area (Å²) in [5.41, 5.74) is 5.36. The molecular weight excluding hydrogens is 242 g/mol. The van der Waals surface area contributed by atoms with Gasteiger partial charge in [0, 0.05) is 4.88 Å². The average molecular weight is 259 g/mol. The number of aryl methyl sites for hydroxylation is 1. The van der Waals surface area contributed by atoms with E-state index < -0.39 is 0 Å². The van der Waals surface area contributed by atoms with Gasteiger partial charge in [-0.1, -0.05) is 18.2 Å². The van der Waals surface area contributed by atoms with Crippen LogP contribution in [0.2, 0.25) is 0 Å². The van der Waals surface area contributed by atoms with Crippen molar-refractivity contribution in [2.45, 2.75) is 26.2 Å². The Morgan fingerprint density at radius 1 is 1.22 bits per heavy atom. The molecular formula is C15H17NOS. The molecule has 0 saturated carbocycles. The second-order valence-electron chi connectivity index (χ2n) is 4.67. The summed E-state index contributed by atoms with van der Waals surface area (Å²) in [7, 11) is 2.02. The summed E-state index contributed by atoms with van der Waals surface area (Å²) in [6.45, 7) is 3.69. The first kappa shape index (κ1) is 11.9. The lowest BCUT2D eigenvalue weighted by Gasteiger charge is -2.17. The summed E-state index contributed by atoms with van der Waals surface area (Å²) in [6, 6.07) is 9.18. The zero-order valence-corrected chi connectivity index (χ0v) is 11.5. The van der Waals surface area contributed by atoms with Gasteiger partial charge in [-0.2, -0.15) is 0 Å². The molecule has 3 heteroatoms. The predicted octanol–water partition coefficient (Wildman–Crippen LogP) is 3.40. The smallest absolute Gasteiger partial charge is 0.0725 e. The van der Waals surface area contributed by atoms with Gasteiger partial charge in [0.05, 0.1) is 19.3 Å². The van der Waals surface area contributed by atoms with E-state index in [1.807, 2.05) is 7.05 Å². The van der Waals surface area contributed by atoms with Crippen molar-refractivity contribution >= 4 is 11.3 Å². The maximum absolute atomic E-state index is 5.48. The third kappa shape index (κ3) is 1.99. The van der Waals surface area contributed by atoms with E-state index in [1.165, 1.54) is 27.1 Å². The van der Waals surface area contributed by atoms with Crippen LogP contribution in [-0.2, 0) is 18.0 Å². The van der Waals surface area contributed by atoms with Crippen LogP contribution in [-0.4, -0.2) is 7.05 Å². The Balaban J connectivity index is 2.00. The Hall–Kier alpha value is -1.16. The molecule has 18 heavy (non-hydrogen) atoms. The highest BCUT2D eigenvalue weighted by Crippen LogP contribution is 2.30. The fraction of sp³-hybridized carbons (Fsp3) is 0.333. The molecule has 1 aromatic heterocycles. The molecule has 2 aromatic rings. The van der Waals surface area contributed by atoms with Crippen molar-refractivity contribution in [1.82, 2.24) is 5.32 Å². The number of hydrogen-bond donors (Lipinski definition) is 1. The number of nitrogens with one attached hydrogen (secondary N) is 1. The van der Waals surface area contributed by atoms with E-state index in [1.54, 1.807) is 11.3 Å². The summed E-state index contributed by atoms with van der Waals surface area (Å²) in [5, 5.41) is 5.58. The van der Waals surface area contributed by atoms with E-state index in [4.69, 9.17) is 4.74 Å². The minimum Gasteiger partial charge on any atom is -0.372 e. The third-order valence-corrected chi connectivity index (χ3v) is 4.44. The zero-order valence-electron chi connectivity index (χ0n) is 10.7. The monoisotopic (exact) mass is 259 g/mol. The number of ether oxygens (including phenoxy) is 1. The van der Waals surface area contributed by atoms with E-state index in [2.05, 4.69) is 41.9 Å². The summed E-state index contributed by atoms with van der Waals surface area (Å²) < 4.78 is 5.48. The van der Waals surface area contributed by atoms with Gasteiger partial charge in [-0.15, -0.1) is 11.3 Å². The van der Waals surface area contributed by atoms with Crippen LogP contribution in [0.15, 0.2) is 29.6 Å². The van der Waals surface area contributed by atoms with Crippen LogP contribution in [0.4, 0.5) is 0 Å². The van der Waals surface area contributed by atoms with Crippen molar-refractivity contribution in [2.75, 3.05) is 7.05 Å². The summed E-state index contributed by atoms with van der Waals surface area (Å²) in [5.74, 6) is 0. The van der Waals surface area contributed by atoms with E-state index in [-0.39, 0.29) is 6.04 Å². The molecule has 0 amide bonds. The first-order valence-corrected chi connectivity index (χ1v) is 7.08. The van der Waals surface area contributed by atoms with Crippen LogP contribution in [0.5, 0.6) is 0 Å². The molecule has 94 valence electrons. The third-order valence-electron chi connectivity index (χ3n) is 3.58. The van der Waals surface area contributed by atoms with Crippen LogP contribution >= 0.6 is 11.3 Å². The maximum atomic E-state index is 5.48. The van der Waals surface area contributed by atoms with Crippen LogP contribution < -0.4 is 5.32 Å². The van der Waals surface area contributed by atoms with Gasteiger partial charge in [-0.05, 0) is 47.7 Å². The molecule has 1 unspecified atom stereocenters. The summed E-state index contributed by atoms with van der Waals surface area (Å²) in [6.07, 6.45) is 0. The average Bonchev–Trinajstić information content (AvgIpc) is 2.99. The van der Waals surface area contributed by atoms with Crippen LogP contribution in [0.25, 0.3) is 0 Å². The quantitative estimate of drug-likeness (QED) is 0.912. The molecule has 3 rings (SSSR count). The Bertz CT molecular complexity index is 561. The van der Waals surface area contributed by atoms with Gasteiger partial charge in [0.2, 0.25) is 0 Å². The number of thiophene rings is 1. The Morgan fingerprint density at radius 2 is 2.06 bits per heavy atom. The van der Waals surface area contributed by atoms with Crippen LogP contribution in [0.3, 0.4) is 0 Å². The standard InChI is InChI=1S/C15H17NOS/c1-10-14(5-6-18-10)15(16-2)11-3-4-12-8-17-9-13(12)7-11/h3-7,15-16H,8-9H2,1-2H3. The highest BCUT2D eigenvalue weighted by Gasteiger charge is 2.18. The second-order valence-corrected chi connectivity index (χ2v) is 5.80. The lowest BCUT2D eigenvalue weighted by molar-refractivity contribution is 0.134. The highest BCUT2D eigenvalue weighted by atomic mass is 32.1. The lowest BCUT2D eigenvalue weighted by atomic mass is 9.96. The van der Waals surface area contributed by atoms with Gasteiger partial charge in [0.15, 0.2) is 0 Å². The number of rotatable bonds is 3. The molecule has 1 aliphatic rings. The molecule has 0 saturated heterocycles. The summed E-state index contributed by atoms with van der Waals surface area (Å²) >= 11 is 1.80. The fourth-order valence-electron chi connectivity index (χ4n) is 2.57. The van der Waals surface area contributed by atoms with Crippen molar-refractivity contribution in [3.05, 3.63) is 56.8 Å². The minimum atomic E-state index is 0.280. The number of benzene rings is 1. The molecule has 0 radical (unpaired) electrons. The van der Waals surface area contributed by atoms with E-state index >= 15 is 0 Å². The predicted molar refractivity (Wildman–Crippen MR) is 74.9 cm³/mol. The van der Waals surface area contributed by atoms with Crippen molar-refractivity contribution in [3.63, 3.8) is 0 Å². The van der Waals surface area contributed by atoms with E-state index in [0.717, 1.165) is 13.2 Å². The summed E-state index contributed by atoms with van der Waals surface area (Å²) in [4.78, 5) is 1.38. The number of hydrogen-bond acceptors (Lipinski definition) is 3. The first-order chi connectivity index (χ1) is 8.79. The molecule has 0 aliphatic carbocycles. The van der Waals surface area contributed by atoms with Crippen LogP contribution in [0.1, 0.15) is 33.2 Å². The van der Waals surface area contributed by atoms with Crippen molar-refractivity contribution in [1.29, 1.82) is 0 Å². The van der Waals surface area contributed by atoms with Gasteiger partial charge in [0.1, 0.15) is 0 Å². The van der Waals surface area contributed by atoms with Gasteiger partial charge in [-0.25, -0.2) is 0 Å². The van der Waals surface area contributed by atoms with Crippen molar-refractivity contribution in [2.24, 2.45) is 0 Å². The van der Waals surface area contributed by atoms with Crippen molar-refractivity contribution < 1.29 is 4.74 Å². The molecule has 2 nitrogen and oxygen atoms in total. The minimum absolute atomic E-state index is 0.280. The zero-order chi connectivity index (χ0) is 12.5. The van der Waals surface area contributed by atoms with E-state index in [0.29, 0.717) is 0 Å². The SMILES string of the molecule is CNC(c1ccc2c(c1)COC2)c1ccsc1C. The van der Waals surface area contributed by atoms with Crippen molar-refractivity contribution in [3.8, 4) is 0 Å². The Kier molecular flexibility index (Phi) is 3.20.